The molecular formula is C20H23F3N2O5S. The van der Waals surface area contributed by atoms with Crippen LogP contribution in [0.3, 0.4) is 0 Å². The van der Waals surface area contributed by atoms with Crippen molar-refractivity contribution in [3.63, 3.8) is 0 Å². The molecule has 0 aliphatic rings. The van der Waals surface area contributed by atoms with E-state index in [1.165, 1.54) is 14.2 Å². The van der Waals surface area contributed by atoms with Gasteiger partial charge in [-0.15, -0.1) is 0 Å². The van der Waals surface area contributed by atoms with Gasteiger partial charge >= 0.3 is 6.18 Å². The maximum absolute atomic E-state index is 12.8. The lowest BCUT2D eigenvalue weighted by Crippen LogP contribution is -2.41. The highest BCUT2D eigenvalue weighted by Crippen LogP contribution is 2.31. The molecule has 0 spiro atoms. The zero-order valence-electron chi connectivity index (χ0n) is 17.4. The normalized spacial score (nSPS) is 12.7. The van der Waals surface area contributed by atoms with Crippen LogP contribution in [0, 0.1) is 0 Å². The summed E-state index contributed by atoms with van der Waals surface area (Å²) in [7, 11) is -0.982. The molecule has 7 nitrogen and oxygen atoms in total. The number of nitrogens with one attached hydrogen (secondary N) is 1. The van der Waals surface area contributed by atoms with Crippen LogP contribution in [0.4, 0.5) is 18.9 Å². The molecule has 11 heteroatoms. The molecule has 0 heterocycles. The third-order valence-corrected chi connectivity index (χ3v) is 5.59. The monoisotopic (exact) mass is 460 g/mol. The molecule has 1 amide bonds. The molecule has 0 fully saturated rings. The summed E-state index contributed by atoms with van der Waals surface area (Å²) in [6.07, 6.45) is -3.69. The third kappa shape index (κ3) is 6.27. The van der Waals surface area contributed by atoms with Gasteiger partial charge in [0.25, 0.3) is 0 Å². The second-order valence-corrected chi connectivity index (χ2v) is 8.62. The van der Waals surface area contributed by atoms with Gasteiger partial charge in [0.15, 0.2) is 0 Å². The van der Waals surface area contributed by atoms with E-state index in [2.05, 4.69) is 5.32 Å². The van der Waals surface area contributed by atoms with Gasteiger partial charge in [0.1, 0.15) is 18.0 Å². The molecule has 0 saturated heterocycles. The van der Waals surface area contributed by atoms with Gasteiger partial charge in [0, 0.05) is 5.56 Å². The van der Waals surface area contributed by atoms with Gasteiger partial charge in [-0.05, 0) is 49.4 Å². The molecule has 0 aliphatic carbocycles. The highest BCUT2D eigenvalue weighted by Gasteiger charge is 2.31. The minimum Gasteiger partial charge on any atom is -0.497 e. The average Bonchev–Trinajstić information content (AvgIpc) is 2.70. The van der Waals surface area contributed by atoms with Crippen LogP contribution in [0.5, 0.6) is 11.5 Å². The molecule has 0 bridgehead atoms. The minimum absolute atomic E-state index is 0.0581. The van der Waals surface area contributed by atoms with E-state index in [-0.39, 0.29) is 5.69 Å². The lowest BCUT2D eigenvalue weighted by atomic mass is 10.1. The SMILES string of the molecule is COc1ccc(OC)c([C@H](C)NC(=O)CN(c2ccc(C(F)(F)F)cc2)S(C)(=O)=O)c1. The first kappa shape index (κ1) is 24.3. The van der Waals surface area contributed by atoms with E-state index in [1.807, 2.05) is 0 Å². The molecule has 0 radical (unpaired) electrons. The van der Waals surface area contributed by atoms with Crippen molar-refractivity contribution in [2.45, 2.75) is 19.1 Å². The lowest BCUT2D eigenvalue weighted by molar-refractivity contribution is -0.137. The maximum atomic E-state index is 12.8. The van der Waals surface area contributed by atoms with Gasteiger partial charge in [-0.25, -0.2) is 8.42 Å². The smallest absolute Gasteiger partial charge is 0.416 e. The number of nitrogens with zero attached hydrogens (tertiary/aromatic N) is 1. The van der Waals surface area contributed by atoms with E-state index in [0.717, 1.165) is 34.8 Å². The number of anilines is 1. The van der Waals surface area contributed by atoms with E-state index in [1.54, 1.807) is 25.1 Å². The van der Waals surface area contributed by atoms with Crippen LogP contribution in [-0.2, 0) is 21.0 Å². The summed E-state index contributed by atoms with van der Waals surface area (Å²) in [6.45, 7) is 1.07. The Morgan fingerprint density at radius 1 is 1.10 bits per heavy atom. The molecule has 0 saturated carbocycles. The number of halogens is 3. The number of hydrogen-bond acceptors (Lipinski definition) is 5. The summed E-state index contributed by atoms with van der Waals surface area (Å²) < 4.78 is 73.9. The number of rotatable bonds is 8. The van der Waals surface area contributed by atoms with Gasteiger partial charge in [-0.3, -0.25) is 9.10 Å². The van der Waals surface area contributed by atoms with Crippen molar-refractivity contribution in [1.29, 1.82) is 0 Å². The molecule has 1 N–H and O–H groups in total. The molecule has 0 aliphatic heterocycles. The van der Waals surface area contributed by atoms with E-state index >= 15 is 0 Å². The van der Waals surface area contributed by atoms with Gasteiger partial charge < -0.3 is 14.8 Å². The molecule has 2 aromatic carbocycles. The van der Waals surface area contributed by atoms with Crippen molar-refractivity contribution >= 4 is 21.6 Å². The first-order valence-electron chi connectivity index (χ1n) is 9.03. The molecule has 0 aromatic heterocycles. The van der Waals surface area contributed by atoms with Crippen LogP contribution in [0.15, 0.2) is 42.5 Å². The number of amides is 1. The van der Waals surface area contributed by atoms with Crippen molar-refractivity contribution < 1.29 is 35.9 Å². The topological polar surface area (TPSA) is 84.9 Å². The predicted octanol–water partition coefficient (Wildman–Crippen LogP) is 3.37. The van der Waals surface area contributed by atoms with Crippen LogP contribution >= 0.6 is 0 Å². The Hall–Kier alpha value is -2.95. The van der Waals surface area contributed by atoms with Crippen LogP contribution in [0.2, 0.25) is 0 Å². The number of sulfonamides is 1. The molecular weight excluding hydrogens is 437 g/mol. The summed E-state index contributed by atoms with van der Waals surface area (Å²) >= 11 is 0. The number of ether oxygens (including phenoxy) is 2. The second kappa shape index (κ2) is 9.46. The number of methoxy groups -OCH3 is 2. The van der Waals surface area contributed by atoms with Gasteiger partial charge in [-0.2, -0.15) is 13.2 Å². The summed E-state index contributed by atoms with van der Waals surface area (Å²) in [5.41, 5.74) is -0.374. The van der Waals surface area contributed by atoms with E-state index in [4.69, 9.17) is 9.47 Å². The van der Waals surface area contributed by atoms with Crippen LogP contribution in [0.25, 0.3) is 0 Å². The van der Waals surface area contributed by atoms with Crippen LogP contribution in [-0.4, -0.2) is 41.3 Å². The standard InChI is InChI=1S/C20H23F3N2O5S/c1-13(17-11-16(29-2)9-10-18(17)30-3)24-19(26)12-25(31(4,27)28)15-7-5-14(6-8-15)20(21,22)23/h5-11,13H,12H2,1-4H3,(H,24,26)/t13-/m0/s1. The van der Waals surface area contributed by atoms with Crippen molar-refractivity contribution in [2.24, 2.45) is 0 Å². The van der Waals surface area contributed by atoms with Crippen molar-refractivity contribution in [3.8, 4) is 11.5 Å². The summed E-state index contributed by atoms with van der Waals surface area (Å²) in [5.74, 6) is 0.387. The fourth-order valence-corrected chi connectivity index (χ4v) is 3.75. The van der Waals surface area contributed by atoms with Gasteiger partial charge in [0.2, 0.25) is 15.9 Å². The number of benzene rings is 2. The quantitative estimate of drug-likeness (QED) is 0.653. The zero-order chi connectivity index (χ0) is 23.4. The second-order valence-electron chi connectivity index (χ2n) is 6.71. The minimum atomic E-state index is -4.56. The fourth-order valence-electron chi connectivity index (χ4n) is 2.89. The highest BCUT2D eigenvalue weighted by molar-refractivity contribution is 7.92. The van der Waals surface area contributed by atoms with Crippen molar-refractivity contribution in [1.82, 2.24) is 5.32 Å². The molecule has 2 aromatic rings. The maximum Gasteiger partial charge on any atom is 0.416 e. The van der Waals surface area contributed by atoms with Gasteiger partial charge in [0.05, 0.1) is 37.8 Å². The highest BCUT2D eigenvalue weighted by atomic mass is 32.2. The number of carbonyl (C=O) groups excluding carboxylic acids is 1. The van der Waals surface area contributed by atoms with E-state index < -0.39 is 40.3 Å². The summed E-state index contributed by atoms with van der Waals surface area (Å²) in [5, 5.41) is 2.67. The Labute approximate surface area is 178 Å². The third-order valence-electron chi connectivity index (χ3n) is 4.45. The molecule has 1 atom stereocenters. The molecule has 170 valence electrons. The lowest BCUT2D eigenvalue weighted by Gasteiger charge is -2.24. The molecule has 31 heavy (non-hydrogen) atoms. The largest absolute Gasteiger partial charge is 0.497 e. The van der Waals surface area contributed by atoms with Crippen molar-refractivity contribution in [2.75, 3.05) is 31.3 Å². The Kier molecular flexibility index (Phi) is 7.42. The molecule has 2 rings (SSSR count). The number of carbonyl (C=O) groups is 1. The Balaban J connectivity index is 2.22. The van der Waals surface area contributed by atoms with Crippen LogP contribution in [0.1, 0.15) is 24.1 Å². The average molecular weight is 460 g/mol. The fraction of sp³-hybridized carbons (Fsp3) is 0.350. The Morgan fingerprint density at radius 2 is 1.71 bits per heavy atom. The zero-order valence-corrected chi connectivity index (χ0v) is 18.2. The van der Waals surface area contributed by atoms with Crippen LogP contribution < -0.4 is 19.1 Å². The Bertz CT molecular complexity index is 1020. The summed E-state index contributed by atoms with van der Waals surface area (Å²) in [6, 6.07) is 8.00. The first-order chi connectivity index (χ1) is 14.4. The summed E-state index contributed by atoms with van der Waals surface area (Å²) in [4.78, 5) is 12.6. The number of alkyl halides is 3. The predicted molar refractivity (Wildman–Crippen MR) is 110 cm³/mol. The van der Waals surface area contributed by atoms with Gasteiger partial charge in [-0.1, -0.05) is 0 Å². The number of hydrogen-bond donors (Lipinski definition) is 1. The molecule has 0 unspecified atom stereocenters. The van der Waals surface area contributed by atoms with E-state index in [0.29, 0.717) is 17.1 Å². The van der Waals surface area contributed by atoms with Crippen molar-refractivity contribution in [3.05, 3.63) is 53.6 Å². The first-order valence-corrected chi connectivity index (χ1v) is 10.9. The Morgan fingerprint density at radius 3 is 2.19 bits per heavy atom. The van der Waals surface area contributed by atoms with E-state index in [9.17, 15) is 26.4 Å².